The van der Waals surface area contributed by atoms with Crippen molar-refractivity contribution < 1.29 is 0 Å². The summed E-state index contributed by atoms with van der Waals surface area (Å²) in [5.41, 5.74) is 11.7. The molecular formula is C14H10N4S. The van der Waals surface area contributed by atoms with Gasteiger partial charge in [0, 0.05) is 5.69 Å². The number of nitrogens with one attached hydrogen (secondary N) is 1. The van der Waals surface area contributed by atoms with E-state index in [1.54, 1.807) is 29.0 Å². The Kier molecular flexibility index (Phi) is 2.78. The van der Waals surface area contributed by atoms with Gasteiger partial charge in [0.2, 0.25) is 0 Å². The summed E-state index contributed by atoms with van der Waals surface area (Å²) >= 11 is 1.57. The van der Waals surface area contributed by atoms with Crippen molar-refractivity contribution in [2.45, 2.75) is 0 Å². The number of anilines is 3. The quantitative estimate of drug-likeness (QED) is 0.696. The third-order valence-electron chi connectivity index (χ3n) is 2.83. The molecule has 2 aromatic carbocycles. The van der Waals surface area contributed by atoms with E-state index in [1.807, 2.05) is 24.3 Å². The van der Waals surface area contributed by atoms with Crippen molar-refractivity contribution in [2.24, 2.45) is 0 Å². The molecule has 3 N–H and O–H groups in total. The first-order chi connectivity index (χ1) is 9.28. The lowest BCUT2D eigenvalue weighted by Gasteiger charge is -2.09. The average Bonchev–Trinajstić information content (AvgIpc) is 2.92. The highest BCUT2D eigenvalue weighted by Crippen LogP contribution is 2.31. The Morgan fingerprint density at radius 3 is 2.68 bits per heavy atom. The van der Waals surface area contributed by atoms with Crippen LogP contribution in [0.15, 0.2) is 41.9 Å². The summed E-state index contributed by atoms with van der Waals surface area (Å²) in [6, 6.07) is 13.3. The molecule has 5 heteroatoms. The molecule has 0 bridgehead atoms. The second-order valence-electron chi connectivity index (χ2n) is 4.04. The number of nitriles is 1. The zero-order valence-electron chi connectivity index (χ0n) is 9.92. The zero-order valence-corrected chi connectivity index (χ0v) is 10.7. The van der Waals surface area contributed by atoms with E-state index in [1.165, 1.54) is 0 Å². The fourth-order valence-electron chi connectivity index (χ4n) is 1.84. The van der Waals surface area contributed by atoms with E-state index in [0.29, 0.717) is 11.3 Å². The first kappa shape index (κ1) is 11.5. The van der Waals surface area contributed by atoms with Crippen LogP contribution in [0.4, 0.5) is 17.1 Å². The molecule has 1 aromatic heterocycles. The molecule has 0 radical (unpaired) electrons. The van der Waals surface area contributed by atoms with Crippen molar-refractivity contribution in [3.05, 3.63) is 47.5 Å². The molecule has 1 heterocycles. The monoisotopic (exact) mass is 266 g/mol. The number of nitrogen functional groups attached to an aromatic ring is 1. The molecule has 0 spiro atoms. The van der Waals surface area contributed by atoms with Gasteiger partial charge in [0.25, 0.3) is 0 Å². The largest absolute Gasteiger partial charge is 0.395 e. The Morgan fingerprint density at radius 2 is 1.95 bits per heavy atom. The van der Waals surface area contributed by atoms with E-state index in [9.17, 15) is 0 Å². The van der Waals surface area contributed by atoms with Gasteiger partial charge >= 0.3 is 0 Å². The summed E-state index contributed by atoms with van der Waals surface area (Å²) in [5.74, 6) is 0. The number of nitrogens with zero attached hydrogens (tertiary/aromatic N) is 2. The lowest BCUT2D eigenvalue weighted by Crippen LogP contribution is -1.97. The molecular weight excluding hydrogens is 256 g/mol. The summed E-state index contributed by atoms with van der Waals surface area (Å²) < 4.78 is 1.07. The highest BCUT2D eigenvalue weighted by Gasteiger charge is 2.06. The van der Waals surface area contributed by atoms with Crippen molar-refractivity contribution in [3.63, 3.8) is 0 Å². The zero-order chi connectivity index (χ0) is 13.2. The van der Waals surface area contributed by atoms with Crippen molar-refractivity contribution in [1.29, 1.82) is 5.26 Å². The number of fused-ring (bicyclic) bond motifs is 1. The van der Waals surface area contributed by atoms with Crippen molar-refractivity contribution >= 4 is 38.6 Å². The third-order valence-corrected chi connectivity index (χ3v) is 3.63. The molecule has 3 rings (SSSR count). The van der Waals surface area contributed by atoms with Gasteiger partial charge in [-0.15, -0.1) is 11.3 Å². The Hall–Kier alpha value is -2.58. The summed E-state index contributed by atoms with van der Waals surface area (Å²) in [4.78, 5) is 4.26. The van der Waals surface area contributed by atoms with E-state index in [4.69, 9.17) is 11.0 Å². The summed E-state index contributed by atoms with van der Waals surface area (Å²) in [7, 11) is 0. The van der Waals surface area contributed by atoms with Crippen LogP contribution in [-0.2, 0) is 0 Å². The van der Waals surface area contributed by atoms with Gasteiger partial charge in [-0.2, -0.15) is 5.26 Å². The molecule has 0 saturated carbocycles. The fraction of sp³-hybridized carbons (Fsp3) is 0. The molecule has 0 aliphatic heterocycles. The van der Waals surface area contributed by atoms with Crippen LogP contribution in [0.2, 0.25) is 0 Å². The second-order valence-corrected chi connectivity index (χ2v) is 4.93. The maximum absolute atomic E-state index is 8.76. The van der Waals surface area contributed by atoms with Crippen molar-refractivity contribution in [3.8, 4) is 6.07 Å². The highest BCUT2D eigenvalue weighted by atomic mass is 32.1. The maximum atomic E-state index is 8.76. The fourth-order valence-corrected chi connectivity index (χ4v) is 2.54. The predicted molar refractivity (Wildman–Crippen MR) is 78.5 cm³/mol. The molecule has 19 heavy (non-hydrogen) atoms. The lowest BCUT2D eigenvalue weighted by atomic mass is 10.2. The van der Waals surface area contributed by atoms with Gasteiger partial charge in [-0.05, 0) is 36.4 Å². The number of hydrogen-bond donors (Lipinski definition) is 2. The maximum Gasteiger partial charge on any atom is 0.106 e. The van der Waals surface area contributed by atoms with E-state index < -0.39 is 0 Å². The van der Waals surface area contributed by atoms with Crippen molar-refractivity contribution in [2.75, 3.05) is 11.1 Å². The molecule has 92 valence electrons. The molecule has 4 nitrogen and oxygen atoms in total. The van der Waals surface area contributed by atoms with Gasteiger partial charge < -0.3 is 11.1 Å². The van der Waals surface area contributed by atoms with Gasteiger partial charge in [0.05, 0.1) is 33.2 Å². The molecule has 0 saturated heterocycles. The number of rotatable bonds is 2. The van der Waals surface area contributed by atoms with E-state index in [2.05, 4.69) is 16.4 Å². The number of nitrogens with two attached hydrogens (primary N) is 1. The van der Waals surface area contributed by atoms with E-state index >= 15 is 0 Å². The van der Waals surface area contributed by atoms with Crippen LogP contribution in [0, 0.1) is 11.3 Å². The molecule has 0 unspecified atom stereocenters. The Balaban J connectivity index is 1.96. The SMILES string of the molecule is N#Cc1ccc(Nc2ccc3scnc3c2N)cc1. The van der Waals surface area contributed by atoms with E-state index in [-0.39, 0.29) is 0 Å². The van der Waals surface area contributed by atoms with Gasteiger partial charge in [-0.25, -0.2) is 4.98 Å². The molecule has 0 aliphatic carbocycles. The molecule has 0 atom stereocenters. The van der Waals surface area contributed by atoms with Gasteiger partial charge in [-0.1, -0.05) is 0 Å². The Morgan fingerprint density at radius 1 is 1.16 bits per heavy atom. The smallest absolute Gasteiger partial charge is 0.106 e. The number of benzene rings is 2. The number of aromatic nitrogens is 1. The molecule has 0 amide bonds. The van der Waals surface area contributed by atoms with Crippen molar-refractivity contribution in [1.82, 2.24) is 4.98 Å². The number of thiazole rings is 1. The minimum absolute atomic E-state index is 0.633. The highest BCUT2D eigenvalue weighted by molar-refractivity contribution is 7.16. The number of hydrogen-bond acceptors (Lipinski definition) is 5. The molecule has 3 aromatic rings. The molecule has 0 fully saturated rings. The third kappa shape index (κ3) is 2.09. The topological polar surface area (TPSA) is 74.7 Å². The van der Waals surface area contributed by atoms with Crippen LogP contribution in [0.1, 0.15) is 5.56 Å². The van der Waals surface area contributed by atoms with Crippen LogP contribution in [0.25, 0.3) is 10.2 Å². The van der Waals surface area contributed by atoms with Crippen LogP contribution in [-0.4, -0.2) is 4.98 Å². The summed E-state index contributed by atoms with van der Waals surface area (Å²) in [5, 5.41) is 12.0. The second kappa shape index (κ2) is 4.59. The van der Waals surface area contributed by atoms with Crippen LogP contribution < -0.4 is 11.1 Å². The Labute approximate surface area is 114 Å². The molecule has 0 aliphatic rings. The van der Waals surface area contributed by atoms with Gasteiger partial charge in [-0.3, -0.25) is 0 Å². The first-order valence-electron chi connectivity index (χ1n) is 5.67. The van der Waals surface area contributed by atoms with E-state index in [0.717, 1.165) is 21.6 Å². The van der Waals surface area contributed by atoms with Gasteiger partial charge in [0.15, 0.2) is 0 Å². The summed E-state index contributed by atoms with van der Waals surface area (Å²) in [6.07, 6.45) is 0. The normalized spacial score (nSPS) is 10.3. The van der Waals surface area contributed by atoms with Gasteiger partial charge in [0.1, 0.15) is 5.52 Å². The summed E-state index contributed by atoms with van der Waals surface area (Å²) in [6.45, 7) is 0. The van der Waals surface area contributed by atoms with Crippen LogP contribution in [0.5, 0.6) is 0 Å². The standard InChI is InChI=1S/C14H10N4S/c15-7-9-1-3-10(4-2-9)18-11-5-6-12-14(13(11)16)17-8-19-12/h1-6,8,18H,16H2. The minimum Gasteiger partial charge on any atom is -0.395 e. The average molecular weight is 266 g/mol. The Bertz CT molecular complexity index is 768. The van der Waals surface area contributed by atoms with Crippen LogP contribution >= 0.6 is 11.3 Å². The van der Waals surface area contributed by atoms with Crippen LogP contribution in [0.3, 0.4) is 0 Å². The predicted octanol–water partition coefficient (Wildman–Crippen LogP) is 3.49. The first-order valence-corrected chi connectivity index (χ1v) is 6.55. The minimum atomic E-state index is 0.633. The lowest BCUT2D eigenvalue weighted by molar-refractivity contribution is 1.47.